The number of nitrogens with zero attached hydrogens (tertiary/aromatic N) is 4. The molecule has 4 rings (SSSR count). The molecule has 0 bridgehead atoms. The highest BCUT2D eigenvalue weighted by atomic mass is 32.1. The van der Waals surface area contributed by atoms with Gasteiger partial charge in [0, 0.05) is 23.7 Å². The molecule has 1 aliphatic carbocycles. The van der Waals surface area contributed by atoms with E-state index in [-0.39, 0.29) is 11.4 Å². The van der Waals surface area contributed by atoms with E-state index in [0.717, 1.165) is 28.5 Å². The van der Waals surface area contributed by atoms with Gasteiger partial charge in [0.15, 0.2) is 0 Å². The Morgan fingerprint density at radius 3 is 2.77 bits per heavy atom. The Morgan fingerprint density at radius 1 is 1.35 bits per heavy atom. The van der Waals surface area contributed by atoms with E-state index < -0.39 is 0 Å². The Hall–Kier alpha value is -2.48. The number of rotatable bonds is 5. The van der Waals surface area contributed by atoms with Crippen LogP contribution in [0.15, 0.2) is 16.9 Å². The number of fused-ring (bicyclic) bond motifs is 1. The number of furan rings is 1. The Balaban J connectivity index is 1.69. The standard InChI is InChI=1S/C18H21N5O2S/c1-10-7-19-12(26-10)8-20-16(24)13-11(2)25-17-14(13)15(21-9-22-17)23(4)18(3)5-6-18/h7,9H,5-6,8H2,1-4H3,(H,20,24). The molecule has 0 atom stereocenters. The van der Waals surface area contributed by atoms with Crippen LogP contribution in [-0.2, 0) is 6.54 Å². The molecule has 3 heterocycles. The minimum absolute atomic E-state index is 0.0820. The smallest absolute Gasteiger partial charge is 0.256 e. The second-order valence-electron chi connectivity index (χ2n) is 7.01. The molecule has 1 N–H and O–H groups in total. The van der Waals surface area contributed by atoms with Crippen LogP contribution >= 0.6 is 11.3 Å². The van der Waals surface area contributed by atoms with Crippen molar-refractivity contribution in [1.82, 2.24) is 20.3 Å². The number of carbonyl (C=O) groups is 1. The summed E-state index contributed by atoms with van der Waals surface area (Å²) in [6, 6.07) is 0. The minimum atomic E-state index is -0.195. The van der Waals surface area contributed by atoms with Crippen LogP contribution in [0.3, 0.4) is 0 Å². The summed E-state index contributed by atoms with van der Waals surface area (Å²) in [6.45, 7) is 6.36. The molecule has 0 saturated heterocycles. The molecule has 1 amide bonds. The molecule has 7 nitrogen and oxygen atoms in total. The molecule has 0 aliphatic heterocycles. The summed E-state index contributed by atoms with van der Waals surface area (Å²) in [5.74, 6) is 1.09. The zero-order valence-corrected chi connectivity index (χ0v) is 16.1. The van der Waals surface area contributed by atoms with E-state index in [1.165, 1.54) is 6.33 Å². The topological polar surface area (TPSA) is 84.2 Å². The maximum Gasteiger partial charge on any atom is 0.256 e. The highest BCUT2D eigenvalue weighted by Gasteiger charge is 2.43. The fourth-order valence-corrected chi connectivity index (χ4v) is 3.78. The molecule has 1 fully saturated rings. The van der Waals surface area contributed by atoms with Crippen LogP contribution in [0.1, 0.15) is 45.8 Å². The molecule has 8 heteroatoms. The zero-order chi connectivity index (χ0) is 18.5. The van der Waals surface area contributed by atoms with E-state index in [1.54, 1.807) is 18.3 Å². The fraction of sp³-hybridized carbons (Fsp3) is 0.444. The van der Waals surface area contributed by atoms with Crippen molar-refractivity contribution in [2.45, 2.75) is 45.7 Å². The molecular formula is C18H21N5O2S. The van der Waals surface area contributed by atoms with Gasteiger partial charge in [-0.25, -0.2) is 15.0 Å². The normalized spacial score (nSPS) is 15.2. The number of amides is 1. The van der Waals surface area contributed by atoms with Crippen molar-refractivity contribution in [2.24, 2.45) is 0 Å². The van der Waals surface area contributed by atoms with Gasteiger partial charge < -0.3 is 14.6 Å². The Labute approximate surface area is 155 Å². The highest BCUT2D eigenvalue weighted by molar-refractivity contribution is 7.11. The molecule has 1 aliphatic rings. The number of aryl methyl sites for hydroxylation is 2. The summed E-state index contributed by atoms with van der Waals surface area (Å²) in [5, 5.41) is 4.49. The van der Waals surface area contributed by atoms with Gasteiger partial charge in [0.25, 0.3) is 5.91 Å². The van der Waals surface area contributed by atoms with Gasteiger partial charge in [-0.1, -0.05) is 0 Å². The maximum absolute atomic E-state index is 12.9. The third-order valence-corrected chi connectivity index (χ3v) is 5.95. The number of carbonyl (C=O) groups excluding carboxylic acids is 1. The maximum atomic E-state index is 12.9. The number of hydrogen-bond acceptors (Lipinski definition) is 7. The first-order valence-electron chi connectivity index (χ1n) is 8.56. The van der Waals surface area contributed by atoms with Crippen molar-refractivity contribution in [3.8, 4) is 0 Å². The van der Waals surface area contributed by atoms with Gasteiger partial charge in [0.1, 0.15) is 22.9 Å². The largest absolute Gasteiger partial charge is 0.442 e. The van der Waals surface area contributed by atoms with E-state index in [0.29, 0.717) is 29.0 Å². The van der Waals surface area contributed by atoms with E-state index in [4.69, 9.17) is 4.42 Å². The zero-order valence-electron chi connectivity index (χ0n) is 15.3. The first kappa shape index (κ1) is 17.0. The van der Waals surface area contributed by atoms with Gasteiger partial charge in [0.05, 0.1) is 17.5 Å². The third-order valence-electron chi connectivity index (χ3n) is 5.04. The fourth-order valence-electron chi connectivity index (χ4n) is 3.06. The van der Waals surface area contributed by atoms with E-state index in [9.17, 15) is 4.79 Å². The summed E-state index contributed by atoms with van der Waals surface area (Å²) in [7, 11) is 2.01. The molecule has 136 valence electrons. The van der Waals surface area contributed by atoms with Crippen LogP contribution in [0, 0.1) is 13.8 Å². The van der Waals surface area contributed by atoms with Crippen LogP contribution in [-0.4, -0.2) is 33.4 Å². The lowest BCUT2D eigenvalue weighted by molar-refractivity contribution is 0.0950. The summed E-state index contributed by atoms with van der Waals surface area (Å²) in [4.78, 5) is 29.1. The Bertz CT molecular complexity index is 989. The van der Waals surface area contributed by atoms with Crippen LogP contribution in [0.5, 0.6) is 0 Å². The van der Waals surface area contributed by atoms with Crippen molar-refractivity contribution >= 4 is 34.2 Å². The van der Waals surface area contributed by atoms with Crippen LogP contribution in [0.25, 0.3) is 11.1 Å². The molecule has 0 spiro atoms. The lowest BCUT2D eigenvalue weighted by Gasteiger charge is -2.26. The lowest BCUT2D eigenvalue weighted by Crippen LogP contribution is -2.32. The van der Waals surface area contributed by atoms with Gasteiger partial charge >= 0.3 is 0 Å². The average Bonchev–Trinajstić information content (AvgIpc) is 3.07. The SMILES string of the molecule is Cc1cnc(CNC(=O)c2c(C)oc3ncnc(N(C)C4(C)CC4)c23)s1. The summed E-state index contributed by atoms with van der Waals surface area (Å²) < 4.78 is 5.75. The van der Waals surface area contributed by atoms with E-state index >= 15 is 0 Å². The molecule has 3 aromatic heterocycles. The number of thiazole rings is 1. The third kappa shape index (κ3) is 2.84. The predicted octanol–water partition coefficient (Wildman–Crippen LogP) is 3.21. The Morgan fingerprint density at radius 2 is 2.12 bits per heavy atom. The quantitative estimate of drug-likeness (QED) is 0.741. The van der Waals surface area contributed by atoms with Crippen LogP contribution in [0.2, 0.25) is 0 Å². The minimum Gasteiger partial charge on any atom is -0.442 e. The Kier molecular flexibility index (Phi) is 3.95. The van der Waals surface area contributed by atoms with Crippen LogP contribution in [0.4, 0.5) is 5.82 Å². The number of anilines is 1. The van der Waals surface area contributed by atoms with Crippen molar-refractivity contribution in [1.29, 1.82) is 0 Å². The molecule has 0 aromatic carbocycles. The predicted molar refractivity (Wildman–Crippen MR) is 101 cm³/mol. The second-order valence-corrected chi connectivity index (χ2v) is 8.33. The van der Waals surface area contributed by atoms with Gasteiger partial charge in [-0.2, -0.15) is 0 Å². The number of aromatic nitrogens is 3. The molecule has 0 unspecified atom stereocenters. The number of hydrogen-bond donors (Lipinski definition) is 1. The van der Waals surface area contributed by atoms with Crippen molar-refractivity contribution in [2.75, 3.05) is 11.9 Å². The molecule has 3 aromatic rings. The van der Waals surface area contributed by atoms with E-state index in [1.807, 2.05) is 20.2 Å². The summed E-state index contributed by atoms with van der Waals surface area (Å²) >= 11 is 1.57. The first-order valence-corrected chi connectivity index (χ1v) is 9.38. The van der Waals surface area contributed by atoms with E-state index in [2.05, 4.69) is 32.1 Å². The molecule has 26 heavy (non-hydrogen) atoms. The van der Waals surface area contributed by atoms with Gasteiger partial charge in [-0.05, 0) is 33.6 Å². The van der Waals surface area contributed by atoms with Crippen molar-refractivity contribution < 1.29 is 9.21 Å². The monoisotopic (exact) mass is 371 g/mol. The van der Waals surface area contributed by atoms with Gasteiger partial charge in [0.2, 0.25) is 5.71 Å². The summed E-state index contributed by atoms with van der Waals surface area (Å²) in [6.07, 6.45) is 5.51. The van der Waals surface area contributed by atoms with Gasteiger partial charge in [-0.15, -0.1) is 11.3 Å². The first-order chi connectivity index (χ1) is 12.4. The molecule has 0 radical (unpaired) electrons. The van der Waals surface area contributed by atoms with Crippen LogP contribution < -0.4 is 10.2 Å². The highest BCUT2D eigenvalue weighted by Crippen LogP contribution is 2.44. The van der Waals surface area contributed by atoms with Crippen molar-refractivity contribution in [3.63, 3.8) is 0 Å². The van der Waals surface area contributed by atoms with Gasteiger partial charge in [-0.3, -0.25) is 4.79 Å². The average molecular weight is 371 g/mol. The second kappa shape index (κ2) is 6.05. The summed E-state index contributed by atoms with van der Waals surface area (Å²) in [5.41, 5.74) is 1.03. The molecular weight excluding hydrogens is 350 g/mol. The lowest BCUT2D eigenvalue weighted by atomic mass is 10.1. The van der Waals surface area contributed by atoms with Crippen molar-refractivity contribution in [3.05, 3.63) is 33.7 Å². The molecule has 1 saturated carbocycles. The number of nitrogens with one attached hydrogen (secondary N) is 1.